The number of aromatic nitrogens is 2. The number of hydrogen-bond acceptors (Lipinski definition) is 8. The Morgan fingerprint density at radius 3 is 2.41 bits per heavy atom. The normalized spacial score (nSPS) is 16.7. The maximum Gasteiger partial charge on any atom is 0.410 e. The summed E-state index contributed by atoms with van der Waals surface area (Å²) in [6.45, 7) is 4.89. The van der Waals surface area contributed by atoms with Gasteiger partial charge in [-0.1, -0.05) is 28.1 Å². The molecule has 0 radical (unpaired) electrons. The van der Waals surface area contributed by atoms with Crippen molar-refractivity contribution >= 4 is 55.9 Å². The lowest BCUT2D eigenvalue weighted by molar-refractivity contribution is -0.173. The van der Waals surface area contributed by atoms with Crippen LogP contribution in [0, 0.1) is 6.92 Å². The number of amides is 1. The molecular formula is C25H24BrF3N4O5S. The van der Waals surface area contributed by atoms with E-state index in [4.69, 9.17) is 9.47 Å². The Morgan fingerprint density at radius 1 is 1.15 bits per heavy atom. The number of nitrogens with zero attached hydrogens (tertiary/aromatic N) is 2. The number of halogens is 4. The molecule has 39 heavy (non-hydrogen) atoms. The summed E-state index contributed by atoms with van der Waals surface area (Å²) in [6.07, 6.45) is -4.96. The number of rotatable bonds is 7. The average molecular weight is 629 g/mol. The number of carbonyl (C=O) groups is 3. The van der Waals surface area contributed by atoms with Crippen LogP contribution in [-0.2, 0) is 9.47 Å². The van der Waals surface area contributed by atoms with E-state index in [1.807, 2.05) is 0 Å². The Morgan fingerprint density at radius 2 is 1.79 bits per heavy atom. The lowest BCUT2D eigenvalue weighted by atomic mass is 9.97. The van der Waals surface area contributed by atoms with Crippen molar-refractivity contribution in [1.82, 2.24) is 9.78 Å². The van der Waals surface area contributed by atoms with Crippen molar-refractivity contribution in [2.45, 2.75) is 45.5 Å². The molecular weight excluding hydrogens is 605 g/mol. The summed E-state index contributed by atoms with van der Waals surface area (Å²) >= 11 is 4.13. The van der Waals surface area contributed by atoms with Crippen LogP contribution in [0.3, 0.4) is 0 Å². The van der Waals surface area contributed by atoms with Crippen LogP contribution in [0.1, 0.15) is 74.0 Å². The van der Waals surface area contributed by atoms with Crippen molar-refractivity contribution in [3.63, 3.8) is 0 Å². The predicted molar refractivity (Wildman–Crippen MR) is 141 cm³/mol. The first-order chi connectivity index (χ1) is 18.4. The van der Waals surface area contributed by atoms with Crippen LogP contribution >= 0.6 is 27.3 Å². The van der Waals surface area contributed by atoms with E-state index < -0.39 is 36.1 Å². The summed E-state index contributed by atoms with van der Waals surface area (Å²) in [5.41, 5.74) is 0.559. The minimum atomic E-state index is -4.62. The molecule has 1 aromatic carbocycles. The largest absolute Gasteiger partial charge is 0.462 e. The molecule has 0 saturated carbocycles. The van der Waals surface area contributed by atoms with Gasteiger partial charge in [0.1, 0.15) is 15.7 Å². The van der Waals surface area contributed by atoms with E-state index in [-0.39, 0.29) is 52.2 Å². The van der Waals surface area contributed by atoms with Crippen LogP contribution in [0.5, 0.6) is 0 Å². The molecule has 2 N–H and O–H groups in total. The minimum Gasteiger partial charge on any atom is -0.462 e. The summed E-state index contributed by atoms with van der Waals surface area (Å²) in [7, 11) is 0. The maximum atomic E-state index is 14.0. The number of alkyl halides is 3. The van der Waals surface area contributed by atoms with Crippen LogP contribution in [0.2, 0.25) is 0 Å². The second kappa shape index (κ2) is 11.4. The van der Waals surface area contributed by atoms with Crippen LogP contribution in [0.15, 0.2) is 34.8 Å². The number of nitrogens with one attached hydrogen (secondary N) is 2. The summed E-state index contributed by atoms with van der Waals surface area (Å²) in [5.74, 6) is -2.29. The van der Waals surface area contributed by atoms with Crippen molar-refractivity contribution < 1.29 is 37.0 Å². The topological polar surface area (TPSA) is 112 Å². The molecule has 9 nitrogen and oxygen atoms in total. The highest BCUT2D eigenvalue weighted by Crippen LogP contribution is 2.44. The summed E-state index contributed by atoms with van der Waals surface area (Å²) in [5, 5.41) is 9.50. The van der Waals surface area contributed by atoms with Crippen LogP contribution in [0.4, 0.5) is 24.0 Å². The molecule has 2 aromatic heterocycles. The number of carbonyl (C=O) groups excluding carboxylic acids is 3. The van der Waals surface area contributed by atoms with Gasteiger partial charge in [0.2, 0.25) is 0 Å². The highest BCUT2D eigenvalue weighted by molar-refractivity contribution is 9.10. The molecule has 0 saturated heterocycles. The zero-order valence-electron chi connectivity index (χ0n) is 21.0. The number of thiophene rings is 1. The van der Waals surface area contributed by atoms with Gasteiger partial charge in [-0.05, 0) is 44.0 Å². The summed E-state index contributed by atoms with van der Waals surface area (Å²) in [6, 6.07) is 5.47. The van der Waals surface area contributed by atoms with Crippen molar-refractivity contribution in [2.75, 3.05) is 23.8 Å². The van der Waals surface area contributed by atoms with Gasteiger partial charge in [0.05, 0.1) is 24.8 Å². The number of hydrogen-bond donors (Lipinski definition) is 2. The third-order valence-electron chi connectivity index (χ3n) is 6.01. The molecule has 1 amide bonds. The summed E-state index contributed by atoms with van der Waals surface area (Å²) in [4.78, 5) is 38.3. The Hall–Kier alpha value is -3.39. The average Bonchev–Trinajstić information content (AvgIpc) is 3.44. The molecule has 14 heteroatoms. The van der Waals surface area contributed by atoms with Crippen molar-refractivity contribution in [1.29, 1.82) is 0 Å². The molecule has 0 bridgehead atoms. The van der Waals surface area contributed by atoms with E-state index in [1.165, 1.54) is 13.0 Å². The molecule has 3 aromatic rings. The van der Waals surface area contributed by atoms with E-state index in [0.29, 0.717) is 5.56 Å². The lowest BCUT2D eigenvalue weighted by Gasteiger charge is -2.33. The molecule has 3 heterocycles. The Balaban J connectivity index is 1.67. The third kappa shape index (κ3) is 5.96. The number of fused-ring (bicyclic) bond motifs is 1. The Labute approximate surface area is 233 Å². The van der Waals surface area contributed by atoms with Crippen LogP contribution in [-0.4, -0.2) is 47.0 Å². The van der Waals surface area contributed by atoms with Gasteiger partial charge in [-0.15, -0.1) is 11.3 Å². The zero-order valence-corrected chi connectivity index (χ0v) is 23.4. The number of anilines is 2. The molecule has 0 unspecified atom stereocenters. The molecule has 0 fully saturated rings. The molecule has 0 spiro atoms. The standard InChI is InChI=1S/C25H24BrF3N4O5S/c1-4-37-23(35)19-12(3)20(24(36)38-5-2)39-22(19)31-21(34)16-11-18-30-15(13-6-8-14(26)9-7-13)10-17(25(27,28)29)33(18)32-16/h6-9,11,15,17,30H,4-5,10H2,1-3H3,(H,31,34)/t15-,17-/m0/s1. The van der Waals surface area contributed by atoms with Gasteiger partial charge in [0.25, 0.3) is 5.91 Å². The maximum absolute atomic E-state index is 14.0. The molecule has 2 atom stereocenters. The van der Waals surface area contributed by atoms with Gasteiger partial charge in [-0.3, -0.25) is 4.79 Å². The van der Waals surface area contributed by atoms with Gasteiger partial charge < -0.3 is 20.1 Å². The molecule has 208 valence electrons. The first-order valence-corrected chi connectivity index (χ1v) is 13.5. The Bertz CT molecular complexity index is 1400. The van der Waals surface area contributed by atoms with Crippen molar-refractivity contribution in [2.24, 2.45) is 0 Å². The smallest absolute Gasteiger partial charge is 0.410 e. The van der Waals surface area contributed by atoms with Gasteiger partial charge in [-0.2, -0.15) is 18.3 Å². The fourth-order valence-electron chi connectivity index (χ4n) is 4.21. The summed E-state index contributed by atoms with van der Waals surface area (Å²) < 4.78 is 53.8. The highest BCUT2D eigenvalue weighted by Gasteiger charge is 2.47. The zero-order chi connectivity index (χ0) is 28.5. The lowest BCUT2D eigenvalue weighted by Crippen LogP contribution is -2.35. The second-order valence-electron chi connectivity index (χ2n) is 8.56. The fourth-order valence-corrected chi connectivity index (χ4v) is 5.56. The first kappa shape index (κ1) is 28.6. The highest BCUT2D eigenvalue weighted by atomic mass is 79.9. The number of ether oxygens (including phenoxy) is 2. The fraction of sp³-hybridized carbons (Fsp3) is 0.360. The molecule has 4 rings (SSSR count). The van der Waals surface area contributed by atoms with E-state index in [2.05, 4.69) is 31.7 Å². The van der Waals surface area contributed by atoms with Gasteiger partial charge in [0, 0.05) is 17.0 Å². The van der Waals surface area contributed by atoms with E-state index in [9.17, 15) is 27.6 Å². The van der Waals surface area contributed by atoms with E-state index in [1.54, 1.807) is 38.1 Å². The first-order valence-electron chi connectivity index (χ1n) is 11.9. The van der Waals surface area contributed by atoms with Crippen molar-refractivity contribution in [3.05, 3.63) is 62.1 Å². The number of esters is 2. The minimum absolute atomic E-state index is 0.00181. The number of benzene rings is 1. The van der Waals surface area contributed by atoms with Gasteiger partial charge in [-0.25, -0.2) is 14.3 Å². The SMILES string of the molecule is CCOC(=O)c1sc(NC(=O)c2cc3n(n2)[C@H](C(F)(F)F)C[C@@H](c2ccc(Br)cc2)N3)c(C(=O)OCC)c1C. The van der Waals surface area contributed by atoms with Crippen LogP contribution < -0.4 is 10.6 Å². The van der Waals surface area contributed by atoms with Gasteiger partial charge >= 0.3 is 18.1 Å². The third-order valence-corrected chi connectivity index (χ3v) is 7.73. The van der Waals surface area contributed by atoms with E-state index in [0.717, 1.165) is 20.5 Å². The molecule has 1 aliphatic heterocycles. The quantitative estimate of drug-likeness (QED) is 0.296. The second-order valence-corrected chi connectivity index (χ2v) is 10.5. The molecule has 0 aliphatic carbocycles. The van der Waals surface area contributed by atoms with Crippen LogP contribution in [0.25, 0.3) is 0 Å². The molecule has 1 aliphatic rings. The van der Waals surface area contributed by atoms with E-state index >= 15 is 0 Å². The van der Waals surface area contributed by atoms with Crippen molar-refractivity contribution in [3.8, 4) is 0 Å². The van der Waals surface area contributed by atoms with Gasteiger partial charge in [0.15, 0.2) is 11.7 Å². The monoisotopic (exact) mass is 628 g/mol. The predicted octanol–water partition coefficient (Wildman–Crippen LogP) is 6.28. The Kier molecular flexibility index (Phi) is 8.35.